The number of nitrogens with zero attached hydrogens (tertiary/aromatic N) is 1. The molecule has 0 saturated carbocycles. The SMILES string of the molecule is C1=CN=C2C=CC3CCNC3=C2C1. The van der Waals surface area contributed by atoms with Gasteiger partial charge < -0.3 is 5.32 Å². The van der Waals surface area contributed by atoms with Crippen LogP contribution in [0.4, 0.5) is 0 Å². The molecular formula is C11H12N2. The lowest BCUT2D eigenvalue weighted by Gasteiger charge is -2.20. The Bertz CT molecular complexity index is 358. The third-order valence-corrected chi connectivity index (χ3v) is 2.90. The van der Waals surface area contributed by atoms with Crippen molar-refractivity contribution < 1.29 is 0 Å². The first-order chi connectivity index (χ1) is 6.45. The molecule has 1 atom stereocenters. The lowest BCUT2D eigenvalue weighted by atomic mass is 9.89. The molecule has 0 aromatic rings. The third kappa shape index (κ3) is 0.981. The Morgan fingerprint density at radius 3 is 3.46 bits per heavy atom. The molecule has 2 heteroatoms. The first-order valence-electron chi connectivity index (χ1n) is 4.83. The van der Waals surface area contributed by atoms with Crippen molar-refractivity contribution in [3.8, 4) is 0 Å². The maximum Gasteiger partial charge on any atom is 0.0679 e. The summed E-state index contributed by atoms with van der Waals surface area (Å²) in [5.74, 6) is 0.639. The van der Waals surface area contributed by atoms with E-state index in [4.69, 9.17) is 0 Å². The van der Waals surface area contributed by atoms with Crippen molar-refractivity contribution in [2.24, 2.45) is 10.9 Å². The van der Waals surface area contributed by atoms with Crippen molar-refractivity contribution in [3.05, 3.63) is 35.7 Å². The van der Waals surface area contributed by atoms with E-state index in [0.29, 0.717) is 5.92 Å². The summed E-state index contributed by atoms with van der Waals surface area (Å²) in [6.07, 6.45) is 10.8. The first-order valence-corrected chi connectivity index (χ1v) is 4.83. The van der Waals surface area contributed by atoms with Crippen molar-refractivity contribution in [1.82, 2.24) is 5.32 Å². The molecule has 1 N–H and O–H groups in total. The number of aliphatic imine (C=N–C) groups is 1. The molecule has 0 aromatic carbocycles. The minimum absolute atomic E-state index is 0.639. The van der Waals surface area contributed by atoms with Crippen LogP contribution in [0.25, 0.3) is 0 Å². The second-order valence-corrected chi connectivity index (χ2v) is 3.68. The van der Waals surface area contributed by atoms with E-state index in [1.165, 1.54) is 17.7 Å². The van der Waals surface area contributed by atoms with E-state index in [2.05, 4.69) is 28.5 Å². The lowest BCUT2D eigenvalue weighted by Crippen LogP contribution is -2.18. The molecule has 2 nitrogen and oxygen atoms in total. The largest absolute Gasteiger partial charge is 0.388 e. The van der Waals surface area contributed by atoms with Crippen LogP contribution in [0.2, 0.25) is 0 Å². The summed E-state index contributed by atoms with van der Waals surface area (Å²) in [4.78, 5) is 4.36. The molecule has 1 fully saturated rings. The molecule has 1 aliphatic carbocycles. The molecule has 13 heavy (non-hydrogen) atoms. The third-order valence-electron chi connectivity index (χ3n) is 2.90. The summed E-state index contributed by atoms with van der Waals surface area (Å²) in [6, 6.07) is 0. The van der Waals surface area contributed by atoms with Crippen molar-refractivity contribution in [2.75, 3.05) is 6.54 Å². The molecule has 0 aromatic heterocycles. The van der Waals surface area contributed by atoms with Crippen LogP contribution in [0.1, 0.15) is 12.8 Å². The van der Waals surface area contributed by atoms with E-state index in [9.17, 15) is 0 Å². The molecule has 0 spiro atoms. The number of allylic oxidation sites excluding steroid dienone is 4. The number of nitrogens with one attached hydrogen (secondary N) is 1. The van der Waals surface area contributed by atoms with Crippen LogP contribution in [0, 0.1) is 5.92 Å². The van der Waals surface area contributed by atoms with E-state index in [1.807, 2.05) is 6.20 Å². The van der Waals surface area contributed by atoms with Crippen LogP contribution >= 0.6 is 0 Å². The Labute approximate surface area is 77.7 Å². The molecule has 1 saturated heterocycles. The molecule has 0 amide bonds. The highest BCUT2D eigenvalue weighted by molar-refractivity contribution is 6.10. The van der Waals surface area contributed by atoms with Gasteiger partial charge >= 0.3 is 0 Å². The van der Waals surface area contributed by atoms with Gasteiger partial charge in [0.15, 0.2) is 0 Å². The fourth-order valence-electron chi connectivity index (χ4n) is 2.25. The van der Waals surface area contributed by atoms with Crippen molar-refractivity contribution in [1.29, 1.82) is 0 Å². The number of fused-ring (bicyclic) bond motifs is 2. The van der Waals surface area contributed by atoms with Crippen molar-refractivity contribution in [2.45, 2.75) is 12.8 Å². The fraction of sp³-hybridized carbons (Fsp3) is 0.364. The fourth-order valence-corrected chi connectivity index (χ4v) is 2.25. The van der Waals surface area contributed by atoms with Gasteiger partial charge in [-0.1, -0.05) is 12.2 Å². The zero-order valence-corrected chi connectivity index (χ0v) is 7.46. The standard InChI is InChI=1S/C11H12N2/c1-2-9-10(12-6-1)4-3-8-5-7-13-11(8)9/h1,3-4,6,8,13H,2,5,7H2. The van der Waals surface area contributed by atoms with Gasteiger partial charge in [0.2, 0.25) is 0 Å². The monoisotopic (exact) mass is 172 g/mol. The molecular weight excluding hydrogens is 160 g/mol. The van der Waals surface area contributed by atoms with Crippen LogP contribution in [0.5, 0.6) is 0 Å². The molecule has 3 rings (SSSR count). The number of hydrogen-bond donors (Lipinski definition) is 1. The predicted molar refractivity (Wildman–Crippen MR) is 53.5 cm³/mol. The molecule has 2 heterocycles. The van der Waals surface area contributed by atoms with Crippen LogP contribution in [-0.4, -0.2) is 12.3 Å². The second-order valence-electron chi connectivity index (χ2n) is 3.68. The summed E-state index contributed by atoms with van der Waals surface area (Å²) < 4.78 is 0. The Morgan fingerprint density at radius 2 is 2.46 bits per heavy atom. The quantitative estimate of drug-likeness (QED) is 0.591. The summed E-state index contributed by atoms with van der Waals surface area (Å²) in [5, 5.41) is 3.47. The van der Waals surface area contributed by atoms with Gasteiger partial charge in [0, 0.05) is 29.9 Å². The maximum atomic E-state index is 4.36. The second kappa shape index (κ2) is 2.59. The molecule has 1 unspecified atom stereocenters. The van der Waals surface area contributed by atoms with E-state index in [1.54, 1.807) is 0 Å². The summed E-state index contributed by atoms with van der Waals surface area (Å²) in [7, 11) is 0. The van der Waals surface area contributed by atoms with Gasteiger partial charge in [-0.05, 0) is 18.9 Å². The van der Waals surface area contributed by atoms with Crippen molar-refractivity contribution in [3.63, 3.8) is 0 Å². The molecule has 0 radical (unpaired) electrons. The van der Waals surface area contributed by atoms with Crippen LogP contribution in [0.15, 0.2) is 40.7 Å². The Balaban J connectivity index is 2.11. The molecule has 66 valence electrons. The Kier molecular flexibility index (Phi) is 1.42. The highest BCUT2D eigenvalue weighted by atomic mass is 14.9. The summed E-state index contributed by atoms with van der Waals surface area (Å²) >= 11 is 0. The highest BCUT2D eigenvalue weighted by Crippen LogP contribution is 2.31. The average Bonchev–Trinajstić information content (AvgIpc) is 2.65. The smallest absolute Gasteiger partial charge is 0.0679 e. The van der Waals surface area contributed by atoms with Gasteiger partial charge in [0.05, 0.1) is 5.71 Å². The van der Waals surface area contributed by atoms with Crippen LogP contribution < -0.4 is 5.32 Å². The van der Waals surface area contributed by atoms with Crippen LogP contribution in [0.3, 0.4) is 0 Å². The zero-order chi connectivity index (χ0) is 8.67. The first kappa shape index (κ1) is 7.13. The minimum atomic E-state index is 0.639. The summed E-state index contributed by atoms with van der Waals surface area (Å²) in [5.41, 5.74) is 3.99. The molecule has 3 aliphatic rings. The van der Waals surface area contributed by atoms with Gasteiger partial charge in [-0.15, -0.1) is 0 Å². The number of rotatable bonds is 0. The van der Waals surface area contributed by atoms with Crippen molar-refractivity contribution >= 4 is 5.71 Å². The molecule has 2 aliphatic heterocycles. The van der Waals surface area contributed by atoms with E-state index in [0.717, 1.165) is 18.7 Å². The van der Waals surface area contributed by atoms with Gasteiger partial charge in [0.1, 0.15) is 0 Å². The van der Waals surface area contributed by atoms with Gasteiger partial charge in [0.25, 0.3) is 0 Å². The predicted octanol–water partition coefficient (Wildman–Crippen LogP) is 1.78. The molecule has 0 bridgehead atoms. The van der Waals surface area contributed by atoms with E-state index in [-0.39, 0.29) is 0 Å². The topological polar surface area (TPSA) is 24.4 Å². The summed E-state index contributed by atoms with van der Waals surface area (Å²) in [6.45, 7) is 1.12. The van der Waals surface area contributed by atoms with Gasteiger partial charge in [-0.25, -0.2) is 0 Å². The average molecular weight is 172 g/mol. The van der Waals surface area contributed by atoms with Gasteiger partial charge in [-0.2, -0.15) is 0 Å². The van der Waals surface area contributed by atoms with E-state index < -0.39 is 0 Å². The normalized spacial score (nSPS) is 29.5. The Morgan fingerprint density at radius 1 is 1.46 bits per heavy atom. The zero-order valence-electron chi connectivity index (χ0n) is 7.46. The van der Waals surface area contributed by atoms with Crippen LogP contribution in [-0.2, 0) is 0 Å². The van der Waals surface area contributed by atoms with Gasteiger partial charge in [-0.3, -0.25) is 4.99 Å². The lowest BCUT2D eigenvalue weighted by molar-refractivity contribution is 0.787. The number of hydrogen-bond acceptors (Lipinski definition) is 2. The Hall–Kier alpha value is -1.31. The highest BCUT2D eigenvalue weighted by Gasteiger charge is 2.26. The van der Waals surface area contributed by atoms with E-state index >= 15 is 0 Å². The minimum Gasteiger partial charge on any atom is -0.388 e. The maximum absolute atomic E-state index is 4.36.